The molecule has 0 saturated carbocycles. The minimum absolute atomic E-state index is 0.0508. The SMILES string of the molecule is Cc1ccc2[nH]c(C(=O)N(C)C[C@H]3CCCN(CCc4ccccc4F)C3)c(C)c2c1. The number of hydrogen-bond acceptors (Lipinski definition) is 2. The molecule has 164 valence electrons. The van der Waals surface area contributed by atoms with E-state index in [4.69, 9.17) is 0 Å². The molecule has 1 aliphatic rings. The van der Waals surface area contributed by atoms with E-state index in [-0.39, 0.29) is 11.7 Å². The highest BCUT2D eigenvalue weighted by atomic mass is 19.1. The summed E-state index contributed by atoms with van der Waals surface area (Å²) in [6.45, 7) is 7.68. The molecule has 5 heteroatoms. The second-order valence-corrected chi connectivity index (χ2v) is 9.01. The van der Waals surface area contributed by atoms with Crippen LogP contribution in [0.15, 0.2) is 42.5 Å². The van der Waals surface area contributed by atoms with E-state index < -0.39 is 0 Å². The maximum atomic E-state index is 13.9. The largest absolute Gasteiger partial charge is 0.350 e. The van der Waals surface area contributed by atoms with E-state index >= 15 is 0 Å². The van der Waals surface area contributed by atoms with E-state index in [2.05, 4.69) is 28.9 Å². The topological polar surface area (TPSA) is 39.3 Å². The maximum absolute atomic E-state index is 13.9. The van der Waals surface area contributed by atoms with Crippen molar-refractivity contribution in [2.45, 2.75) is 33.1 Å². The second kappa shape index (κ2) is 9.23. The number of likely N-dealkylation sites (tertiary alicyclic amines) is 1. The number of carbonyl (C=O) groups is 1. The molecule has 0 spiro atoms. The average molecular weight is 422 g/mol. The Morgan fingerprint density at radius 3 is 2.84 bits per heavy atom. The highest BCUT2D eigenvalue weighted by molar-refractivity contribution is 6.00. The zero-order valence-electron chi connectivity index (χ0n) is 18.7. The quantitative estimate of drug-likeness (QED) is 0.612. The number of nitrogens with one attached hydrogen (secondary N) is 1. The second-order valence-electron chi connectivity index (χ2n) is 9.01. The molecule has 1 fully saturated rings. The third kappa shape index (κ3) is 4.82. The maximum Gasteiger partial charge on any atom is 0.270 e. The summed E-state index contributed by atoms with van der Waals surface area (Å²) in [6, 6.07) is 13.3. The molecule has 3 aromatic rings. The molecular weight excluding hydrogens is 389 g/mol. The van der Waals surface area contributed by atoms with Crippen molar-refractivity contribution < 1.29 is 9.18 Å². The lowest BCUT2D eigenvalue weighted by Crippen LogP contribution is -2.42. The van der Waals surface area contributed by atoms with Crippen LogP contribution in [-0.2, 0) is 6.42 Å². The Bertz CT molecular complexity index is 1070. The number of aromatic nitrogens is 1. The zero-order valence-corrected chi connectivity index (χ0v) is 18.7. The molecule has 0 radical (unpaired) electrons. The van der Waals surface area contributed by atoms with E-state index in [1.807, 2.05) is 37.1 Å². The minimum Gasteiger partial charge on any atom is -0.350 e. The molecular formula is C26H32FN3O. The summed E-state index contributed by atoms with van der Waals surface area (Å²) < 4.78 is 13.9. The van der Waals surface area contributed by atoms with Gasteiger partial charge < -0.3 is 14.8 Å². The van der Waals surface area contributed by atoms with Crippen LogP contribution in [0.25, 0.3) is 10.9 Å². The smallest absolute Gasteiger partial charge is 0.270 e. The third-order valence-corrected chi connectivity index (χ3v) is 6.56. The number of hydrogen-bond donors (Lipinski definition) is 1. The van der Waals surface area contributed by atoms with Crippen molar-refractivity contribution in [3.05, 3.63) is 70.7 Å². The van der Waals surface area contributed by atoms with Gasteiger partial charge in [0.25, 0.3) is 5.91 Å². The fourth-order valence-electron chi connectivity index (χ4n) is 4.80. The number of aryl methyl sites for hydroxylation is 2. The molecule has 4 nitrogen and oxygen atoms in total. The summed E-state index contributed by atoms with van der Waals surface area (Å²) in [6.07, 6.45) is 2.97. The number of rotatable bonds is 6. The molecule has 0 aliphatic carbocycles. The zero-order chi connectivity index (χ0) is 22.0. The van der Waals surface area contributed by atoms with Crippen LogP contribution in [-0.4, -0.2) is 53.9 Å². The number of nitrogens with zero attached hydrogens (tertiary/aromatic N) is 2. The van der Waals surface area contributed by atoms with E-state index in [0.29, 0.717) is 11.6 Å². The Morgan fingerprint density at radius 2 is 2.03 bits per heavy atom. The highest BCUT2D eigenvalue weighted by Gasteiger charge is 2.25. The first-order chi connectivity index (χ1) is 14.9. The van der Waals surface area contributed by atoms with Crippen LogP contribution in [0, 0.1) is 25.6 Å². The fraction of sp³-hybridized carbons (Fsp3) is 0.423. The van der Waals surface area contributed by atoms with Crippen LogP contribution in [0.3, 0.4) is 0 Å². The summed E-state index contributed by atoms with van der Waals surface area (Å²) in [5.74, 6) is 0.371. The van der Waals surface area contributed by atoms with Crippen molar-refractivity contribution >= 4 is 16.8 Å². The molecule has 31 heavy (non-hydrogen) atoms. The molecule has 2 heterocycles. The predicted molar refractivity (Wildman–Crippen MR) is 124 cm³/mol. The van der Waals surface area contributed by atoms with E-state index in [1.54, 1.807) is 6.07 Å². The lowest BCUT2D eigenvalue weighted by molar-refractivity contribution is 0.0725. The van der Waals surface area contributed by atoms with Gasteiger partial charge in [-0.3, -0.25) is 4.79 Å². The molecule has 0 unspecified atom stereocenters. The fourth-order valence-corrected chi connectivity index (χ4v) is 4.80. The molecule has 1 N–H and O–H groups in total. The molecule has 4 rings (SSSR count). The Balaban J connectivity index is 1.36. The van der Waals surface area contributed by atoms with Gasteiger partial charge in [0, 0.05) is 37.6 Å². The van der Waals surface area contributed by atoms with Crippen LogP contribution in [0.2, 0.25) is 0 Å². The minimum atomic E-state index is -0.120. The van der Waals surface area contributed by atoms with Crippen LogP contribution in [0.1, 0.15) is 40.0 Å². The third-order valence-electron chi connectivity index (χ3n) is 6.56. The summed E-state index contributed by atoms with van der Waals surface area (Å²) >= 11 is 0. The number of aromatic amines is 1. The number of amides is 1. The average Bonchev–Trinajstić information content (AvgIpc) is 3.08. The molecule has 1 saturated heterocycles. The van der Waals surface area contributed by atoms with E-state index in [0.717, 1.165) is 67.5 Å². The number of halogens is 1. The standard InChI is InChI=1S/C26H32FN3O/c1-18-10-11-24-22(15-18)19(2)25(28-24)26(31)29(3)16-20-7-6-13-30(17-20)14-12-21-8-4-5-9-23(21)27/h4-5,8-11,15,20,28H,6-7,12-14,16-17H2,1-3H3/t20-/m1/s1. The highest BCUT2D eigenvalue weighted by Crippen LogP contribution is 2.25. The van der Waals surface area contributed by atoms with Crippen LogP contribution < -0.4 is 0 Å². The monoisotopic (exact) mass is 421 g/mol. The van der Waals surface area contributed by atoms with Crippen molar-refractivity contribution in [2.75, 3.05) is 33.2 Å². The van der Waals surface area contributed by atoms with Gasteiger partial charge in [-0.25, -0.2) is 4.39 Å². The van der Waals surface area contributed by atoms with Gasteiger partial charge in [0.2, 0.25) is 0 Å². The first kappa shape index (κ1) is 21.6. The Kier molecular flexibility index (Phi) is 6.42. The van der Waals surface area contributed by atoms with Gasteiger partial charge in [-0.1, -0.05) is 29.8 Å². The van der Waals surface area contributed by atoms with Crippen LogP contribution >= 0.6 is 0 Å². The summed E-state index contributed by atoms with van der Waals surface area (Å²) in [4.78, 5) is 20.8. The van der Waals surface area contributed by atoms with Crippen molar-refractivity contribution in [3.8, 4) is 0 Å². The van der Waals surface area contributed by atoms with E-state index in [1.165, 1.54) is 11.6 Å². The van der Waals surface area contributed by atoms with Crippen molar-refractivity contribution in [2.24, 2.45) is 5.92 Å². The lowest BCUT2D eigenvalue weighted by atomic mass is 9.97. The normalized spacial score (nSPS) is 17.2. The first-order valence-corrected chi connectivity index (χ1v) is 11.2. The number of piperidine rings is 1. The number of H-pyrrole nitrogens is 1. The predicted octanol–water partition coefficient (Wildman–Crippen LogP) is 4.95. The number of carbonyl (C=O) groups excluding carboxylic acids is 1. The van der Waals surface area contributed by atoms with E-state index in [9.17, 15) is 9.18 Å². The van der Waals surface area contributed by atoms with Crippen molar-refractivity contribution in [1.82, 2.24) is 14.8 Å². The van der Waals surface area contributed by atoms with Gasteiger partial charge in [-0.05, 0) is 74.9 Å². The Hall–Kier alpha value is -2.66. The number of benzene rings is 2. The van der Waals surface area contributed by atoms with Gasteiger partial charge in [0.1, 0.15) is 11.5 Å². The van der Waals surface area contributed by atoms with Gasteiger partial charge >= 0.3 is 0 Å². The lowest BCUT2D eigenvalue weighted by Gasteiger charge is -2.34. The van der Waals surface area contributed by atoms with Gasteiger partial charge in [-0.2, -0.15) is 0 Å². The van der Waals surface area contributed by atoms with Crippen LogP contribution in [0.4, 0.5) is 4.39 Å². The molecule has 1 atom stereocenters. The summed E-state index contributed by atoms with van der Waals surface area (Å²) in [5, 5.41) is 1.12. The van der Waals surface area contributed by atoms with Gasteiger partial charge in [0.05, 0.1) is 0 Å². The molecule has 2 aromatic carbocycles. The summed E-state index contributed by atoms with van der Waals surface area (Å²) in [5.41, 5.74) is 4.69. The van der Waals surface area contributed by atoms with Crippen LogP contribution in [0.5, 0.6) is 0 Å². The molecule has 1 aliphatic heterocycles. The Morgan fingerprint density at radius 1 is 1.23 bits per heavy atom. The summed E-state index contributed by atoms with van der Waals surface area (Å²) in [7, 11) is 1.90. The Labute approximate surface area is 184 Å². The first-order valence-electron chi connectivity index (χ1n) is 11.2. The number of fused-ring (bicyclic) bond motifs is 1. The van der Waals surface area contributed by atoms with Crippen molar-refractivity contribution in [3.63, 3.8) is 0 Å². The molecule has 0 bridgehead atoms. The molecule has 1 amide bonds. The van der Waals surface area contributed by atoms with Gasteiger partial charge in [-0.15, -0.1) is 0 Å². The van der Waals surface area contributed by atoms with Crippen molar-refractivity contribution in [1.29, 1.82) is 0 Å². The molecule has 1 aromatic heterocycles. The van der Waals surface area contributed by atoms with Gasteiger partial charge in [0.15, 0.2) is 0 Å².